The number of rotatable bonds is 4. The van der Waals surface area contributed by atoms with Crippen LogP contribution in [0.4, 0.5) is 4.39 Å². The highest BCUT2D eigenvalue weighted by atomic mass is 19.1. The first-order chi connectivity index (χ1) is 7.17. The summed E-state index contributed by atoms with van der Waals surface area (Å²) in [5, 5.41) is 0. The fourth-order valence-corrected chi connectivity index (χ4v) is 1.09. The van der Waals surface area contributed by atoms with Gasteiger partial charge in [0.05, 0.1) is 0 Å². The lowest BCUT2D eigenvalue weighted by molar-refractivity contribution is -0.128. The number of hydrogen-bond acceptors (Lipinski definition) is 3. The van der Waals surface area contributed by atoms with E-state index >= 15 is 0 Å². The number of carbonyl (C=O) groups excluding carboxylic acids is 1. The van der Waals surface area contributed by atoms with Crippen molar-refractivity contribution in [2.24, 2.45) is 5.84 Å². The van der Waals surface area contributed by atoms with Gasteiger partial charge in [0.2, 0.25) is 0 Å². The number of hydrogen-bond donors (Lipinski definition) is 2. The summed E-state index contributed by atoms with van der Waals surface area (Å²) in [6, 6.07) is 5.45. The molecule has 1 atom stereocenters. The fourth-order valence-electron chi connectivity index (χ4n) is 1.09. The Bertz CT molecular complexity index is 327. The molecular weight excluding hydrogens is 199 g/mol. The van der Waals surface area contributed by atoms with E-state index in [4.69, 9.17) is 10.6 Å². The van der Waals surface area contributed by atoms with Crippen molar-refractivity contribution in [3.05, 3.63) is 30.1 Å². The maximum atomic E-state index is 12.6. The molecule has 0 bridgehead atoms. The predicted octanol–water partition coefficient (Wildman–Crippen LogP) is 0.973. The summed E-state index contributed by atoms with van der Waals surface area (Å²) in [7, 11) is 0. The minimum absolute atomic E-state index is 0.348. The normalized spacial score (nSPS) is 11.9. The second-order valence-electron chi connectivity index (χ2n) is 2.98. The standard InChI is InChI=1S/C10H13FN2O2/c1-2-9(10(14)13-12)15-8-5-3-7(11)4-6-8/h3-6,9H,2,12H2,1H3,(H,13,14)/t9-/m1/s1. The van der Waals surface area contributed by atoms with Crippen molar-refractivity contribution in [3.63, 3.8) is 0 Å². The molecule has 5 heteroatoms. The van der Waals surface area contributed by atoms with E-state index in [9.17, 15) is 9.18 Å². The average molecular weight is 212 g/mol. The van der Waals surface area contributed by atoms with E-state index in [2.05, 4.69) is 0 Å². The molecule has 15 heavy (non-hydrogen) atoms. The molecule has 0 fully saturated rings. The van der Waals surface area contributed by atoms with Gasteiger partial charge in [0.1, 0.15) is 11.6 Å². The van der Waals surface area contributed by atoms with E-state index in [-0.39, 0.29) is 5.82 Å². The van der Waals surface area contributed by atoms with E-state index in [1.165, 1.54) is 24.3 Å². The molecule has 0 aliphatic heterocycles. The Morgan fingerprint density at radius 1 is 1.53 bits per heavy atom. The first kappa shape index (κ1) is 11.5. The fraction of sp³-hybridized carbons (Fsp3) is 0.300. The van der Waals surface area contributed by atoms with Gasteiger partial charge in [0, 0.05) is 0 Å². The van der Waals surface area contributed by atoms with Crippen LogP contribution >= 0.6 is 0 Å². The van der Waals surface area contributed by atoms with Crippen LogP contribution in [-0.2, 0) is 4.79 Å². The Balaban J connectivity index is 2.66. The number of carbonyl (C=O) groups is 1. The van der Waals surface area contributed by atoms with E-state index in [0.29, 0.717) is 12.2 Å². The topological polar surface area (TPSA) is 64.3 Å². The lowest BCUT2D eigenvalue weighted by Crippen LogP contribution is -2.41. The molecule has 3 N–H and O–H groups in total. The Labute approximate surface area is 87.2 Å². The molecule has 0 saturated carbocycles. The summed E-state index contributed by atoms with van der Waals surface area (Å²) < 4.78 is 17.9. The van der Waals surface area contributed by atoms with Gasteiger partial charge in [-0.1, -0.05) is 6.92 Å². The highest BCUT2D eigenvalue weighted by Gasteiger charge is 2.16. The number of hydrazine groups is 1. The van der Waals surface area contributed by atoms with Crippen LogP contribution in [0, 0.1) is 5.82 Å². The van der Waals surface area contributed by atoms with E-state index < -0.39 is 12.0 Å². The molecule has 4 nitrogen and oxygen atoms in total. The Morgan fingerprint density at radius 2 is 2.13 bits per heavy atom. The Morgan fingerprint density at radius 3 is 2.60 bits per heavy atom. The molecule has 1 amide bonds. The largest absolute Gasteiger partial charge is 0.481 e. The van der Waals surface area contributed by atoms with Crippen molar-refractivity contribution in [1.29, 1.82) is 0 Å². The van der Waals surface area contributed by atoms with Crippen LogP contribution in [0.1, 0.15) is 13.3 Å². The van der Waals surface area contributed by atoms with Crippen LogP contribution in [0.25, 0.3) is 0 Å². The van der Waals surface area contributed by atoms with Gasteiger partial charge in [-0.2, -0.15) is 0 Å². The molecule has 0 aromatic heterocycles. The van der Waals surface area contributed by atoms with Gasteiger partial charge in [0.15, 0.2) is 6.10 Å². The van der Waals surface area contributed by atoms with Crippen molar-refractivity contribution in [1.82, 2.24) is 5.43 Å². The molecule has 1 rings (SSSR count). The second-order valence-corrected chi connectivity index (χ2v) is 2.98. The second kappa shape index (κ2) is 5.31. The van der Waals surface area contributed by atoms with Gasteiger partial charge in [-0.05, 0) is 30.7 Å². The van der Waals surface area contributed by atoms with Gasteiger partial charge in [-0.25, -0.2) is 10.2 Å². The third-order valence-electron chi connectivity index (χ3n) is 1.90. The SMILES string of the molecule is CC[C@@H](Oc1ccc(F)cc1)C(=O)NN. The average Bonchev–Trinajstić information content (AvgIpc) is 2.27. The van der Waals surface area contributed by atoms with Crippen LogP contribution in [0.5, 0.6) is 5.75 Å². The van der Waals surface area contributed by atoms with Crippen molar-refractivity contribution in [3.8, 4) is 5.75 Å². The molecule has 0 spiro atoms. The maximum absolute atomic E-state index is 12.6. The monoisotopic (exact) mass is 212 g/mol. The number of halogens is 1. The predicted molar refractivity (Wildman–Crippen MR) is 53.4 cm³/mol. The number of nitrogens with one attached hydrogen (secondary N) is 1. The van der Waals surface area contributed by atoms with Crippen LogP contribution in [0.3, 0.4) is 0 Å². The molecule has 0 saturated heterocycles. The summed E-state index contributed by atoms with van der Waals surface area (Å²) in [5.41, 5.74) is 2.01. The molecule has 1 aromatic rings. The third kappa shape index (κ3) is 3.21. The quantitative estimate of drug-likeness (QED) is 0.444. The van der Waals surface area contributed by atoms with E-state index in [1.807, 2.05) is 5.43 Å². The summed E-state index contributed by atoms with van der Waals surface area (Å²) in [6.45, 7) is 1.80. The molecule has 0 radical (unpaired) electrons. The minimum Gasteiger partial charge on any atom is -0.481 e. The van der Waals surface area contributed by atoms with E-state index in [1.54, 1.807) is 6.92 Å². The maximum Gasteiger partial charge on any atom is 0.274 e. The first-order valence-corrected chi connectivity index (χ1v) is 4.60. The number of nitrogens with two attached hydrogens (primary N) is 1. The summed E-state index contributed by atoms with van der Waals surface area (Å²) in [6.07, 6.45) is -0.166. The first-order valence-electron chi connectivity index (χ1n) is 4.60. The smallest absolute Gasteiger partial charge is 0.274 e. The molecule has 0 aliphatic rings. The lowest BCUT2D eigenvalue weighted by Gasteiger charge is -2.15. The molecule has 0 aliphatic carbocycles. The van der Waals surface area contributed by atoms with Crippen molar-refractivity contribution >= 4 is 5.91 Å². The third-order valence-corrected chi connectivity index (χ3v) is 1.90. The zero-order valence-corrected chi connectivity index (χ0v) is 8.37. The molecular formula is C10H13FN2O2. The molecule has 0 unspecified atom stereocenters. The van der Waals surface area contributed by atoms with E-state index in [0.717, 1.165) is 0 Å². The highest BCUT2D eigenvalue weighted by Crippen LogP contribution is 2.14. The van der Waals surface area contributed by atoms with Crippen molar-refractivity contribution in [2.45, 2.75) is 19.4 Å². The summed E-state index contributed by atoms with van der Waals surface area (Å²) >= 11 is 0. The number of amides is 1. The van der Waals surface area contributed by atoms with Gasteiger partial charge in [-0.3, -0.25) is 10.2 Å². The van der Waals surface area contributed by atoms with Gasteiger partial charge < -0.3 is 4.74 Å². The highest BCUT2D eigenvalue weighted by molar-refractivity contribution is 5.80. The van der Waals surface area contributed by atoms with Crippen LogP contribution in [0.2, 0.25) is 0 Å². The minimum atomic E-state index is -0.652. The zero-order valence-electron chi connectivity index (χ0n) is 8.37. The van der Waals surface area contributed by atoms with Crippen LogP contribution in [-0.4, -0.2) is 12.0 Å². The number of ether oxygens (including phenoxy) is 1. The van der Waals surface area contributed by atoms with Crippen LogP contribution in [0.15, 0.2) is 24.3 Å². The lowest BCUT2D eigenvalue weighted by atomic mass is 10.2. The number of benzene rings is 1. The Hall–Kier alpha value is -1.62. The van der Waals surface area contributed by atoms with Gasteiger partial charge >= 0.3 is 0 Å². The van der Waals surface area contributed by atoms with Crippen LogP contribution < -0.4 is 16.0 Å². The van der Waals surface area contributed by atoms with Crippen molar-refractivity contribution in [2.75, 3.05) is 0 Å². The zero-order chi connectivity index (χ0) is 11.3. The summed E-state index contributed by atoms with van der Waals surface area (Å²) in [4.78, 5) is 11.2. The van der Waals surface area contributed by atoms with Gasteiger partial charge in [0.25, 0.3) is 5.91 Å². The molecule has 82 valence electrons. The Kier molecular flexibility index (Phi) is 4.05. The molecule has 1 aromatic carbocycles. The molecule has 0 heterocycles. The summed E-state index contributed by atoms with van der Waals surface area (Å²) in [5.74, 6) is 4.67. The van der Waals surface area contributed by atoms with Crippen molar-refractivity contribution < 1.29 is 13.9 Å². The van der Waals surface area contributed by atoms with Gasteiger partial charge in [-0.15, -0.1) is 0 Å².